The van der Waals surface area contributed by atoms with Crippen LogP contribution in [0.2, 0.25) is 0 Å². The first-order valence-electron chi connectivity index (χ1n) is 5.58. The first-order valence-corrected chi connectivity index (χ1v) is 9.12. The molecule has 0 amide bonds. The van der Waals surface area contributed by atoms with Crippen LogP contribution < -0.4 is 9.83 Å². The maximum atomic E-state index is 11.9. The smallest absolute Gasteiger partial charge is 0.241 e. The molecular formula is C11H14NO6S2-. The number of rotatable bonds is 7. The Labute approximate surface area is 117 Å². The Morgan fingerprint density at radius 1 is 1.20 bits per heavy atom. The minimum atomic E-state index is -4.04. The van der Waals surface area contributed by atoms with Crippen LogP contribution in [0.25, 0.3) is 0 Å². The van der Waals surface area contributed by atoms with Crippen LogP contribution in [0, 0.1) is 0 Å². The lowest BCUT2D eigenvalue weighted by Crippen LogP contribution is -2.48. The molecule has 0 saturated carbocycles. The zero-order chi connectivity index (χ0) is 15.4. The van der Waals surface area contributed by atoms with E-state index in [1.807, 2.05) is 4.72 Å². The molecule has 0 spiro atoms. The number of sulfonamides is 1. The van der Waals surface area contributed by atoms with E-state index < -0.39 is 44.0 Å². The average Bonchev–Trinajstić information content (AvgIpc) is 2.34. The van der Waals surface area contributed by atoms with Crippen molar-refractivity contribution in [3.05, 3.63) is 30.3 Å². The van der Waals surface area contributed by atoms with Crippen LogP contribution in [0.4, 0.5) is 0 Å². The van der Waals surface area contributed by atoms with Crippen molar-refractivity contribution >= 4 is 25.8 Å². The van der Waals surface area contributed by atoms with Crippen molar-refractivity contribution < 1.29 is 26.7 Å². The van der Waals surface area contributed by atoms with E-state index in [4.69, 9.17) is 0 Å². The highest BCUT2D eigenvalue weighted by Crippen LogP contribution is 2.09. The molecule has 0 aromatic heterocycles. The Morgan fingerprint density at radius 2 is 1.75 bits per heavy atom. The summed E-state index contributed by atoms with van der Waals surface area (Å²) in [5.41, 5.74) is 0. The second-order valence-corrected chi connectivity index (χ2v) is 8.20. The molecule has 0 aliphatic carbocycles. The zero-order valence-corrected chi connectivity index (χ0v) is 12.3. The summed E-state index contributed by atoms with van der Waals surface area (Å²) in [5, 5.41) is 10.9. The number of nitrogens with one attached hydrogen (secondary N) is 1. The van der Waals surface area contributed by atoms with Crippen molar-refractivity contribution in [1.29, 1.82) is 0 Å². The van der Waals surface area contributed by atoms with Crippen molar-refractivity contribution in [2.24, 2.45) is 0 Å². The van der Waals surface area contributed by atoms with Gasteiger partial charge in [0.25, 0.3) is 0 Å². The zero-order valence-electron chi connectivity index (χ0n) is 10.6. The van der Waals surface area contributed by atoms with E-state index in [2.05, 4.69) is 0 Å². The summed E-state index contributed by atoms with van der Waals surface area (Å²) < 4.78 is 47.8. The summed E-state index contributed by atoms with van der Waals surface area (Å²) in [6.45, 7) is 0. The monoisotopic (exact) mass is 320 g/mol. The largest absolute Gasteiger partial charge is 0.548 e. The first kappa shape index (κ1) is 16.6. The molecule has 0 fully saturated rings. The number of benzene rings is 1. The van der Waals surface area contributed by atoms with Crippen LogP contribution in [0.5, 0.6) is 0 Å². The molecule has 1 aromatic rings. The summed E-state index contributed by atoms with van der Waals surface area (Å²) >= 11 is 0. The van der Waals surface area contributed by atoms with Gasteiger partial charge in [-0.3, -0.25) is 0 Å². The second-order valence-electron chi connectivity index (χ2n) is 4.22. The molecule has 1 atom stereocenters. The highest BCUT2D eigenvalue weighted by Gasteiger charge is 2.21. The lowest BCUT2D eigenvalue weighted by molar-refractivity contribution is -0.308. The van der Waals surface area contributed by atoms with Gasteiger partial charge < -0.3 is 9.90 Å². The normalized spacial score (nSPS) is 13.8. The van der Waals surface area contributed by atoms with E-state index in [9.17, 15) is 26.7 Å². The van der Waals surface area contributed by atoms with Gasteiger partial charge in [-0.25, -0.2) is 21.6 Å². The van der Waals surface area contributed by atoms with E-state index in [1.165, 1.54) is 24.3 Å². The molecule has 20 heavy (non-hydrogen) atoms. The Morgan fingerprint density at radius 3 is 2.20 bits per heavy atom. The third-order valence-electron chi connectivity index (χ3n) is 2.41. The summed E-state index contributed by atoms with van der Waals surface area (Å²) in [6, 6.07) is 5.57. The van der Waals surface area contributed by atoms with E-state index in [1.54, 1.807) is 6.07 Å². The minimum absolute atomic E-state index is 0.106. The van der Waals surface area contributed by atoms with Crippen LogP contribution in [0.1, 0.15) is 6.42 Å². The maximum Gasteiger partial charge on any atom is 0.241 e. The molecule has 0 aliphatic rings. The molecule has 9 heteroatoms. The number of hydrogen-bond acceptors (Lipinski definition) is 6. The highest BCUT2D eigenvalue weighted by molar-refractivity contribution is 7.90. The molecular weight excluding hydrogens is 306 g/mol. The van der Waals surface area contributed by atoms with Gasteiger partial charge in [-0.2, -0.15) is 0 Å². The van der Waals surface area contributed by atoms with E-state index in [0.29, 0.717) is 0 Å². The number of hydrogen-bond donors (Lipinski definition) is 1. The fraction of sp³-hybridized carbons (Fsp3) is 0.364. The second kappa shape index (κ2) is 6.33. The van der Waals surface area contributed by atoms with Crippen molar-refractivity contribution in [1.82, 2.24) is 4.72 Å². The predicted octanol–water partition coefficient (Wildman–Crippen LogP) is -1.48. The van der Waals surface area contributed by atoms with Crippen LogP contribution in [-0.2, 0) is 24.7 Å². The minimum Gasteiger partial charge on any atom is -0.548 e. The summed E-state index contributed by atoms with van der Waals surface area (Å²) in [4.78, 5) is 10.8. The van der Waals surface area contributed by atoms with Gasteiger partial charge in [0.1, 0.15) is 9.84 Å². The van der Waals surface area contributed by atoms with Gasteiger partial charge in [-0.15, -0.1) is 0 Å². The van der Waals surface area contributed by atoms with Gasteiger partial charge >= 0.3 is 0 Å². The molecule has 0 unspecified atom stereocenters. The van der Waals surface area contributed by atoms with Crippen LogP contribution in [0.15, 0.2) is 35.2 Å². The number of carboxylic acid groups (broad SMARTS) is 1. The molecule has 0 bridgehead atoms. The molecule has 0 heterocycles. The molecule has 0 aliphatic heterocycles. The Hall–Kier alpha value is -1.45. The van der Waals surface area contributed by atoms with Crippen LogP contribution in [-0.4, -0.2) is 40.9 Å². The van der Waals surface area contributed by atoms with E-state index in [0.717, 1.165) is 6.26 Å². The molecule has 112 valence electrons. The number of carbonyl (C=O) groups is 1. The van der Waals surface area contributed by atoms with Crippen molar-refractivity contribution in [3.63, 3.8) is 0 Å². The Balaban J connectivity index is 2.88. The molecule has 1 aromatic carbocycles. The maximum absolute atomic E-state index is 11.9. The lowest BCUT2D eigenvalue weighted by Gasteiger charge is -2.19. The van der Waals surface area contributed by atoms with Crippen molar-refractivity contribution in [2.75, 3.05) is 12.0 Å². The van der Waals surface area contributed by atoms with Crippen LogP contribution >= 0.6 is 0 Å². The SMILES string of the molecule is CS(=O)(=O)CC[C@H](NS(=O)(=O)c1ccccc1)C(=O)[O-]. The van der Waals surface area contributed by atoms with Gasteiger partial charge in [-0.05, 0) is 18.6 Å². The third-order valence-corrected chi connectivity index (χ3v) is 4.88. The van der Waals surface area contributed by atoms with E-state index in [-0.39, 0.29) is 4.90 Å². The molecule has 0 radical (unpaired) electrons. The fourth-order valence-corrected chi connectivity index (χ4v) is 3.32. The predicted molar refractivity (Wildman–Crippen MR) is 69.9 cm³/mol. The molecule has 7 nitrogen and oxygen atoms in total. The van der Waals surface area contributed by atoms with Crippen molar-refractivity contribution in [3.8, 4) is 0 Å². The number of carbonyl (C=O) groups excluding carboxylic acids is 1. The number of sulfone groups is 1. The van der Waals surface area contributed by atoms with Crippen LogP contribution in [0.3, 0.4) is 0 Å². The Bertz CT molecular complexity index is 666. The van der Waals surface area contributed by atoms with E-state index >= 15 is 0 Å². The third kappa shape index (κ3) is 5.27. The summed E-state index contributed by atoms with van der Waals surface area (Å²) in [5.74, 6) is -2.13. The quantitative estimate of drug-likeness (QED) is 0.654. The van der Waals surface area contributed by atoms with Gasteiger partial charge in [0, 0.05) is 6.26 Å². The molecule has 1 N–H and O–H groups in total. The average molecular weight is 320 g/mol. The van der Waals surface area contributed by atoms with Gasteiger partial charge in [0.15, 0.2) is 0 Å². The van der Waals surface area contributed by atoms with Crippen molar-refractivity contribution in [2.45, 2.75) is 17.4 Å². The standard InChI is InChI=1S/C11H15NO6S2/c1-19(15,16)8-7-10(11(13)14)12-20(17,18)9-5-3-2-4-6-9/h2-6,10,12H,7-8H2,1H3,(H,13,14)/p-1/t10-/m0/s1. The number of aliphatic carboxylic acids is 1. The molecule has 0 saturated heterocycles. The highest BCUT2D eigenvalue weighted by atomic mass is 32.2. The van der Waals surface area contributed by atoms with Gasteiger partial charge in [0.05, 0.1) is 22.7 Å². The first-order chi connectivity index (χ1) is 9.12. The van der Waals surface area contributed by atoms with Gasteiger partial charge in [-0.1, -0.05) is 18.2 Å². The Kier molecular flexibility index (Phi) is 5.26. The number of carboxylic acids is 1. The lowest BCUT2D eigenvalue weighted by atomic mass is 10.2. The molecule has 1 rings (SSSR count). The fourth-order valence-electron chi connectivity index (χ4n) is 1.41. The summed E-state index contributed by atoms with van der Waals surface area (Å²) in [7, 11) is -7.44. The topological polar surface area (TPSA) is 120 Å². The summed E-state index contributed by atoms with van der Waals surface area (Å²) in [6.07, 6.45) is 0.540. The van der Waals surface area contributed by atoms with Gasteiger partial charge in [0.2, 0.25) is 10.0 Å².